The monoisotopic (exact) mass is 471 g/mol. The number of amides is 1. The number of fused-ring (bicyclic) bond motifs is 1. The van der Waals surface area contributed by atoms with Crippen LogP contribution in [0.5, 0.6) is 0 Å². The largest absolute Gasteiger partial charge is 0.339 e. The lowest BCUT2D eigenvalue weighted by molar-refractivity contribution is -0.129. The van der Waals surface area contributed by atoms with Crippen LogP contribution in [0.4, 0.5) is 0 Å². The van der Waals surface area contributed by atoms with Crippen LogP contribution in [0.2, 0.25) is 5.02 Å². The second-order valence-corrected chi connectivity index (χ2v) is 9.51. The van der Waals surface area contributed by atoms with E-state index in [9.17, 15) is 4.79 Å². The van der Waals surface area contributed by atoms with Gasteiger partial charge in [0.2, 0.25) is 5.91 Å². The Kier molecular flexibility index (Phi) is 6.23. The highest BCUT2D eigenvalue weighted by atomic mass is 35.5. The van der Waals surface area contributed by atoms with Gasteiger partial charge < -0.3 is 9.47 Å². The number of aromatic nitrogens is 2. The van der Waals surface area contributed by atoms with Gasteiger partial charge in [-0.1, -0.05) is 35.9 Å². The highest BCUT2D eigenvalue weighted by Gasteiger charge is 2.39. The Labute approximate surface area is 204 Å². The lowest BCUT2D eigenvalue weighted by Crippen LogP contribution is -2.53. The van der Waals surface area contributed by atoms with Crippen molar-refractivity contribution >= 4 is 23.1 Å². The Morgan fingerprint density at radius 1 is 1.18 bits per heavy atom. The summed E-state index contributed by atoms with van der Waals surface area (Å²) in [6, 6.07) is 17.8. The predicted octanol–water partition coefficient (Wildman–Crippen LogP) is 4.20. The molecule has 2 unspecified atom stereocenters. The van der Waals surface area contributed by atoms with E-state index in [1.165, 1.54) is 0 Å². The van der Waals surface area contributed by atoms with E-state index in [1.807, 2.05) is 73.0 Å². The molecule has 2 aliphatic rings. The third kappa shape index (κ3) is 4.50. The molecule has 0 bridgehead atoms. The molecule has 172 valence electrons. The first-order chi connectivity index (χ1) is 16.5. The molecule has 3 heterocycles. The van der Waals surface area contributed by atoms with Crippen LogP contribution < -0.4 is 0 Å². The number of piperidine rings is 1. The molecule has 0 radical (unpaired) electrons. The predicted molar refractivity (Wildman–Crippen MR) is 132 cm³/mol. The maximum Gasteiger partial charge on any atom is 0.246 e. The van der Waals surface area contributed by atoms with E-state index < -0.39 is 0 Å². The number of halogens is 1. The topological polar surface area (TPSA) is 65.2 Å². The molecule has 6 nitrogen and oxygen atoms in total. The van der Waals surface area contributed by atoms with E-state index >= 15 is 0 Å². The molecule has 5 rings (SSSR count). The summed E-state index contributed by atoms with van der Waals surface area (Å²) in [5.41, 5.74) is 5.05. The molecule has 2 aliphatic heterocycles. The fourth-order valence-corrected chi connectivity index (χ4v) is 5.31. The number of carbonyl (C=O) groups is 1. The summed E-state index contributed by atoms with van der Waals surface area (Å²) < 4.78 is 2.16. The Balaban J connectivity index is 1.34. The van der Waals surface area contributed by atoms with Gasteiger partial charge in [0, 0.05) is 62.5 Å². The first-order valence-electron chi connectivity index (χ1n) is 11.5. The normalized spacial score (nSPS) is 20.6. The molecule has 0 saturated carbocycles. The van der Waals surface area contributed by atoms with Crippen LogP contribution in [0, 0.1) is 17.2 Å². The molecule has 1 fully saturated rings. The first kappa shape index (κ1) is 22.4. The van der Waals surface area contributed by atoms with Crippen LogP contribution in [-0.4, -0.2) is 51.4 Å². The summed E-state index contributed by atoms with van der Waals surface area (Å²) in [6.07, 6.45) is 6.50. The van der Waals surface area contributed by atoms with Crippen molar-refractivity contribution in [2.24, 2.45) is 5.92 Å². The van der Waals surface area contributed by atoms with Crippen LogP contribution in [0.25, 0.3) is 5.57 Å². The van der Waals surface area contributed by atoms with E-state index in [0.717, 1.165) is 48.4 Å². The minimum absolute atomic E-state index is 0.0603. The van der Waals surface area contributed by atoms with Crippen molar-refractivity contribution in [1.82, 2.24) is 19.4 Å². The lowest BCUT2D eigenvalue weighted by atomic mass is 9.79. The van der Waals surface area contributed by atoms with Gasteiger partial charge in [-0.25, -0.2) is 4.98 Å². The Hall–Kier alpha value is -3.40. The molecule has 2 aromatic carbocycles. The van der Waals surface area contributed by atoms with Gasteiger partial charge in [-0.05, 0) is 47.4 Å². The van der Waals surface area contributed by atoms with Crippen LogP contribution >= 0.6 is 11.6 Å². The maximum atomic E-state index is 12.7. The van der Waals surface area contributed by atoms with Crippen molar-refractivity contribution in [3.8, 4) is 6.07 Å². The Morgan fingerprint density at radius 2 is 2.00 bits per heavy atom. The van der Waals surface area contributed by atoms with Gasteiger partial charge in [0.25, 0.3) is 0 Å². The molecule has 0 N–H and O–H groups in total. The molecule has 0 aliphatic carbocycles. The first-order valence-corrected chi connectivity index (χ1v) is 11.8. The lowest BCUT2D eigenvalue weighted by Gasteiger charge is -2.46. The van der Waals surface area contributed by atoms with Gasteiger partial charge in [-0.15, -0.1) is 0 Å². The number of nitrogens with zero attached hydrogens (tertiary/aromatic N) is 5. The summed E-state index contributed by atoms with van der Waals surface area (Å²) in [6.45, 7) is 3.29. The second-order valence-electron chi connectivity index (χ2n) is 9.08. The van der Waals surface area contributed by atoms with E-state index in [1.54, 1.807) is 6.08 Å². The van der Waals surface area contributed by atoms with Crippen LogP contribution in [0.15, 0.2) is 67.1 Å². The molecular weight excluding hydrogens is 446 g/mol. The average Bonchev–Trinajstić information content (AvgIpc) is 3.28. The number of likely N-dealkylation sites (N-methyl/N-ethyl adjacent to an activating group) is 1. The van der Waals surface area contributed by atoms with Crippen molar-refractivity contribution < 1.29 is 4.79 Å². The van der Waals surface area contributed by atoms with E-state index in [-0.39, 0.29) is 17.9 Å². The number of nitriles is 1. The summed E-state index contributed by atoms with van der Waals surface area (Å²) in [5.74, 6) is 0.287. The minimum Gasteiger partial charge on any atom is -0.339 e. The highest BCUT2D eigenvalue weighted by Crippen LogP contribution is 2.38. The minimum atomic E-state index is 0.0603. The van der Waals surface area contributed by atoms with Gasteiger partial charge in [0.05, 0.1) is 23.7 Å². The van der Waals surface area contributed by atoms with Crippen molar-refractivity contribution in [2.45, 2.75) is 25.6 Å². The standard InChI is InChI=1S/C27H26ClN5O/c1-31-26-9-10-32(17-25(26)24(12-27(31)34)21-3-2-4-22(28)11-21)16-23-14-30-18-33(23)15-20-7-5-19(13-29)6-8-20/h2-8,11-12,14,18,25-26H,9-10,15-17H2,1H3. The van der Waals surface area contributed by atoms with Crippen LogP contribution in [0.3, 0.4) is 0 Å². The summed E-state index contributed by atoms with van der Waals surface area (Å²) in [4.78, 5) is 21.4. The van der Waals surface area contributed by atoms with Crippen molar-refractivity contribution in [2.75, 3.05) is 20.1 Å². The maximum absolute atomic E-state index is 12.7. The molecule has 1 saturated heterocycles. The average molecular weight is 472 g/mol. The summed E-state index contributed by atoms with van der Waals surface area (Å²) in [5, 5.41) is 9.71. The number of hydrogen-bond donors (Lipinski definition) is 0. The van der Waals surface area contributed by atoms with E-state index in [0.29, 0.717) is 17.1 Å². The Morgan fingerprint density at radius 3 is 2.76 bits per heavy atom. The van der Waals surface area contributed by atoms with Gasteiger partial charge in [0.1, 0.15) is 0 Å². The van der Waals surface area contributed by atoms with Crippen LogP contribution in [0.1, 0.15) is 28.8 Å². The molecule has 0 spiro atoms. The molecule has 34 heavy (non-hydrogen) atoms. The van der Waals surface area contributed by atoms with Crippen molar-refractivity contribution in [3.05, 3.63) is 94.5 Å². The van der Waals surface area contributed by atoms with Crippen molar-refractivity contribution in [1.29, 1.82) is 5.26 Å². The fraction of sp³-hybridized carbons (Fsp3) is 0.296. The number of rotatable bonds is 5. The third-order valence-electron chi connectivity index (χ3n) is 6.96. The van der Waals surface area contributed by atoms with Gasteiger partial charge in [-0.3, -0.25) is 9.69 Å². The number of hydrogen-bond acceptors (Lipinski definition) is 4. The molecule has 1 amide bonds. The molecule has 7 heteroatoms. The van der Waals surface area contributed by atoms with Gasteiger partial charge in [-0.2, -0.15) is 5.26 Å². The molecule has 2 atom stereocenters. The molecular formula is C27H26ClN5O. The molecule has 3 aromatic rings. The number of carbonyl (C=O) groups excluding carboxylic acids is 1. The number of benzene rings is 2. The number of likely N-dealkylation sites (tertiary alicyclic amines) is 1. The summed E-state index contributed by atoms with van der Waals surface area (Å²) in [7, 11) is 1.91. The van der Waals surface area contributed by atoms with E-state index in [4.69, 9.17) is 16.9 Å². The summed E-state index contributed by atoms with van der Waals surface area (Å²) >= 11 is 6.27. The van der Waals surface area contributed by atoms with Crippen molar-refractivity contribution in [3.63, 3.8) is 0 Å². The zero-order chi connectivity index (χ0) is 23.7. The zero-order valence-corrected chi connectivity index (χ0v) is 19.8. The highest BCUT2D eigenvalue weighted by molar-refractivity contribution is 6.30. The van der Waals surface area contributed by atoms with Crippen LogP contribution in [-0.2, 0) is 17.9 Å². The molecule has 1 aromatic heterocycles. The third-order valence-corrected chi connectivity index (χ3v) is 7.20. The second kappa shape index (κ2) is 9.46. The van der Waals surface area contributed by atoms with Gasteiger partial charge >= 0.3 is 0 Å². The fourth-order valence-electron chi connectivity index (χ4n) is 5.12. The number of imidazole rings is 1. The Bertz CT molecular complexity index is 1270. The SMILES string of the molecule is CN1C(=O)C=C(c2cccc(Cl)c2)C2CN(Cc3cncn3Cc3ccc(C#N)cc3)CCC21. The quantitative estimate of drug-likeness (QED) is 0.559. The smallest absolute Gasteiger partial charge is 0.246 e. The van der Waals surface area contributed by atoms with E-state index in [2.05, 4.69) is 20.5 Å². The zero-order valence-electron chi connectivity index (χ0n) is 19.1. The van der Waals surface area contributed by atoms with Gasteiger partial charge in [0.15, 0.2) is 0 Å².